The van der Waals surface area contributed by atoms with E-state index < -0.39 is 0 Å². The van der Waals surface area contributed by atoms with Crippen LogP contribution in [0.4, 0.5) is 0 Å². The van der Waals surface area contributed by atoms with E-state index in [0.717, 1.165) is 0 Å². The summed E-state index contributed by atoms with van der Waals surface area (Å²) in [5.41, 5.74) is 0. The van der Waals surface area contributed by atoms with Crippen LogP contribution in [0.5, 0.6) is 0 Å². The summed E-state index contributed by atoms with van der Waals surface area (Å²) in [5.74, 6) is 5.04. The summed E-state index contributed by atoms with van der Waals surface area (Å²) in [7, 11) is 0. The first-order chi connectivity index (χ1) is 4.83. The van der Waals surface area contributed by atoms with Gasteiger partial charge in [-0.2, -0.15) is 23.5 Å². The van der Waals surface area contributed by atoms with Crippen LogP contribution >= 0.6 is 23.5 Å². The van der Waals surface area contributed by atoms with E-state index in [1.54, 1.807) is 0 Å². The summed E-state index contributed by atoms with van der Waals surface area (Å²) in [4.78, 5) is 0. The van der Waals surface area contributed by atoms with Crippen molar-refractivity contribution in [1.29, 1.82) is 0 Å². The molecule has 0 saturated carbocycles. The van der Waals surface area contributed by atoms with E-state index in [0.29, 0.717) is 0 Å². The number of hydrogen-bond donors (Lipinski definition) is 0. The molecule has 0 aliphatic rings. The van der Waals surface area contributed by atoms with Crippen molar-refractivity contribution in [2.24, 2.45) is 0 Å². The first kappa shape index (κ1) is 29.3. The summed E-state index contributed by atoms with van der Waals surface area (Å²) >= 11 is 3.93. The molecule has 0 aromatic rings. The molecule has 0 saturated heterocycles. The zero-order chi connectivity index (χ0) is 8.24. The minimum Gasteiger partial charge on any atom is -0.358 e. The Hall–Kier alpha value is 1.39. The van der Waals surface area contributed by atoms with Crippen molar-refractivity contribution < 1.29 is 21.1 Å². The van der Waals surface area contributed by atoms with E-state index in [1.807, 2.05) is 23.5 Å². The van der Waals surface area contributed by atoms with E-state index in [-0.39, 0.29) is 35.9 Å². The van der Waals surface area contributed by atoms with Gasteiger partial charge in [-0.1, -0.05) is 27.7 Å². The van der Waals surface area contributed by atoms with Crippen LogP contribution in [0.1, 0.15) is 27.7 Å². The first-order valence-electron chi connectivity index (χ1n) is 3.98. The van der Waals surface area contributed by atoms with E-state index >= 15 is 0 Å². The minimum atomic E-state index is 0. The van der Waals surface area contributed by atoms with E-state index in [9.17, 15) is 0 Å². The molecule has 0 fully saturated rings. The Balaban J connectivity index is -0.0000000267. The van der Waals surface area contributed by atoms with Crippen molar-refractivity contribution in [2.75, 3.05) is 23.0 Å². The van der Waals surface area contributed by atoms with Gasteiger partial charge >= 0.3 is 21.1 Å². The molecule has 0 bridgehead atoms. The Morgan fingerprint density at radius 1 is 0.615 bits per heavy atom. The molecule has 0 unspecified atom stereocenters. The van der Waals surface area contributed by atoms with Gasteiger partial charge in [0.05, 0.1) is 0 Å². The third-order valence-electron chi connectivity index (χ3n) is 0.816. The van der Waals surface area contributed by atoms with Gasteiger partial charge in [0.1, 0.15) is 0 Å². The maximum atomic E-state index is 2.17. The van der Waals surface area contributed by atoms with Crippen molar-refractivity contribution >= 4 is 23.5 Å². The Bertz CT molecular complexity index is 33.9. The summed E-state index contributed by atoms with van der Waals surface area (Å²) in [6.45, 7) is 8.70. The van der Waals surface area contributed by atoms with Gasteiger partial charge in [-0.05, 0) is 23.0 Å². The molecule has 0 spiro atoms. The maximum Gasteiger partial charge on any atom is 2.00 e. The second-order valence-electron chi connectivity index (χ2n) is 1.56. The molecule has 0 radical (unpaired) electrons. The second-order valence-corrected chi connectivity index (χ2v) is 4.69. The quantitative estimate of drug-likeness (QED) is 0.635. The molecule has 0 aliphatic heterocycles. The van der Waals surface area contributed by atoms with Crippen molar-refractivity contribution in [3.05, 3.63) is 14.9 Å². The van der Waals surface area contributed by atoms with Gasteiger partial charge in [0.15, 0.2) is 0 Å². The zero-order valence-corrected chi connectivity index (χ0v) is 13.9. The summed E-state index contributed by atoms with van der Waals surface area (Å²) in [6.07, 6.45) is 0. The van der Waals surface area contributed by atoms with E-state index in [1.165, 1.54) is 23.0 Å². The fourth-order valence-corrected chi connectivity index (χ4v) is 1.22. The van der Waals surface area contributed by atoms with Crippen molar-refractivity contribution in [3.63, 3.8) is 0 Å². The monoisotopic (exact) mass is 405 g/mol. The second kappa shape index (κ2) is 37.6. The van der Waals surface area contributed by atoms with Crippen LogP contribution in [0.2, 0.25) is 0 Å². The number of hydrogen-bond acceptors (Lipinski definition) is 2. The van der Waals surface area contributed by atoms with Crippen LogP contribution in [0.3, 0.4) is 0 Å². The molecule has 0 aliphatic carbocycles. The van der Waals surface area contributed by atoms with E-state index in [4.69, 9.17) is 0 Å². The van der Waals surface area contributed by atoms with Crippen LogP contribution in [-0.4, -0.2) is 23.0 Å². The van der Waals surface area contributed by atoms with Gasteiger partial charge in [-0.25, -0.2) is 0 Å². The van der Waals surface area contributed by atoms with Crippen molar-refractivity contribution in [1.82, 2.24) is 0 Å². The van der Waals surface area contributed by atoms with Gasteiger partial charge in [-0.3, -0.25) is 0 Å². The summed E-state index contributed by atoms with van der Waals surface area (Å²) < 4.78 is 0. The summed E-state index contributed by atoms with van der Waals surface area (Å²) in [6, 6.07) is 0. The van der Waals surface area contributed by atoms with Crippen LogP contribution in [-0.2, 0) is 21.1 Å². The molecule has 0 heterocycles. The van der Waals surface area contributed by atoms with Gasteiger partial charge in [-0.15, -0.1) is 0 Å². The molecule has 0 atom stereocenters. The number of rotatable bonds is 4. The molecule has 0 amide bonds. The van der Waals surface area contributed by atoms with E-state index in [2.05, 4.69) is 27.7 Å². The van der Waals surface area contributed by atoms with Crippen LogP contribution in [0.25, 0.3) is 0 Å². The van der Waals surface area contributed by atoms with Gasteiger partial charge < -0.3 is 14.9 Å². The van der Waals surface area contributed by atoms with Crippen molar-refractivity contribution in [3.8, 4) is 0 Å². The standard InChI is InChI=1S/2C4H10S.2CH3.Pt/c2*1-3-5-4-2;;;/h2*3-4H2,1-2H3;2*1H3;/q;;2*-1;+2. The molecule has 0 aromatic carbocycles. The average molecular weight is 406 g/mol. The molecule has 88 valence electrons. The Kier molecular flexibility index (Phi) is 84.7. The molecular weight excluding hydrogens is 379 g/mol. The third kappa shape index (κ3) is 59.8. The Labute approximate surface area is 110 Å². The van der Waals surface area contributed by atoms with Crippen molar-refractivity contribution in [2.45, 2.75) is 27.7 Å². The van der Waals surface area contributed by atoms with Gasteiger partial charge in [0.2, 0.25) is 0 Å². The largest absolute Gasteiger partial charge is 2.00 e. The zero-order valence-electron chi connectivity index (χ0n) is 9.96. The predicted octanol–water partition coefficient (Wildman–Crippen LogP) is 4.42. The minimum absolute atomic E-state index is 0. The fourth-order valence-electron chi connectivity index (χ4n) is 0.408. The molecule has 0 nitrogen and oxygen atoms in total. The fraction of sp³-hybridized carbons (Fsp3) is 0.800. The molecule has 0 N–H and O–H groups in total. The number of thioether (sulfide) groups is 2. The average Bonchev–Trinajstić information content (AvgIpc) is 1.93. The Morgan fingerprint density at radius 3 is 0.769 bits per heavy atom. The van der Waals surface area contributed by atoms with Gasteiger partial charge in [0, 0.05) is 0 Å². The Morgan fingerprint density at radius 2 is 0.769 bits per heavy atom. The first-order valence-corrected chi connectivity index (χ1v) is 6.29. The topological polar surface area (TPSA) is 0 Å². The maximum absolute atomic E-state index is 2.17. The van der Waals surface area contributed by atoms with Gasteiger partial charge in [0.25, 0.3) is 0 Å². The predicted molar refractivity (Wildman–Crippen MR) is 70.2 cm³/mol. The van der Waals surface area contributed by atoms with Crippen LogP contribution in [0.15, 0.2) is 0 Å². The molecular formula is C10H26PtS2. The molecule has 13 heavy (non-hydrogen) atoms. The molecule has 0 aromatic heterocycles. The smallest absolute Gasteiger partial charge is 0.358 e. The van der Waals surface area contributed by atoms with Crippen LogP contribution in [0, 0.1) is 14.9 Å². The summed E-state index contributed by atoms with van der Waals surface area (Å²) in [5, 5.41) is 0. The van der Waals surface area contributed by atoms with Crippen LogP contribution < -0.4 is 0 Å². The normalized spacial score (nSPS) is 6.46. The third-order valence-corrected chi connectivity index (χ3v) is 2.45. The molecule has 3 heteroatoms. The SMILES string of the molecule is CCSCC.CCSCC.[CH3-].[CH3-].[Pt+2]. The molecule has 0 rings (SSSR count).